The fourth-order valence-corrected chi connectivity index (χ4v) is 0.782. The summed E-state index contributed by atoms with van der Waals surface area (Å²) in [5.74, 6) is 0.164. The summed E-state index contributed by atoms with van der Waals surface area (Å²) in [6.07, 6.45) is 3.00. The maximum atomic E-state index is 9.14. The van der Waals surface area contributed by atoms with Gasteiger partial charge in [0.2, 0.25) is 0 Å². The maximum absolute atomic E-state index is 9.14. The topological polar surface area (TPSA) is 59.1 Å². The summed E-state index contributed by atoms with van der Waals surface area (Å²) in [4.78, 5) is 3.72. The van der Waals surface area contributed by atoms with Crippen LogP contribution in [-0.4, -0.2) is 10.1 Å². The van der Waals surface area contributed by atoms with Gasteiger partial charge in [0.25, 0.3) is 0 Å². The van der Waals surface area contributed by atoms with Gasteiger partial charge in [-0.15, -0.1) is 0 Å². The van der Waals surface area contributed by atoms with Gasteiger partial charge in [-0.25, -0.2) is 0 Å². The first-order valence-electron chi connectivity index (χ1n) is 3.10. The Hall–Kier alpha value is -1.09. The highest BCUT2D eigenvalue weighted by Gasteiger charge is 2.03. The van der Waals surface area contributed by atoms with Crippen molar-refractivity contribution >= 4 is 0 Å². The van der Waals surface area contributed by atoms with E-state index in [2.05, 4.69) is 4.98 Å². The third kappa shape index (κ3) is 1.25. The quantitative estimate of drug-likeness (QED) is 0.603. The van der Waals surface area contributed by atoms with Crippen LogP contribution in [0.2, 0.25) is 0 Å². The molecule has 10 heavy (non-hydrogen) atoms. The number of pyridine rings is 1. The Bertz CT molecular complexity index is 223. The van der Waals surface area contributed by atoms with Gasteiger partial charge < -0.3 is 10.8 Å². The van der Waals surface area contributed by atoms with E-state index in [9.17, 15) is 0 Å². The minimum atomic E-state index is -0.136. The summed E-state index contributed by atoms with van der Waals surface area (Å²) in [5.41, 5.74) is 6.26. The third-order valence-electron chi connectivity index (χ3n) is 1.32. The number of rotatable bonds is 1. The van der Waals surface area contributed by atoms with Crippen LogP contribution in [0.4, 0.5) is 0 Å². The monoisotopic (exact) mass is 138 g/mol. The lowest BCUT2D eigenvalue weighted by Crippen LogP contribution is -2.04. The van der Waals surface area contributed by atoms with E-state index < -0.39 is 0 Å². The van der Waals surface area contributed by atoms with Gasteiger partial charge in [-0.3, -0.25) is 4.98 Å². The number of nitrogens with zero attached hydrogens (tertiary/aromatic N) is 1. The van der Waals surface area contributed by atoms with Crippen molar-refractivity contribution in [2.75, 3.05) is 0 Å². The normalized spacial score (nSPS) is 13.0. The Labute approximate surface area is 59.5 Å². The molecule has 0 fully saturated rings. The molecule has 1 rings (SSSR count). The molecule has 0 aliphatic heterocycles. The lowest BCUT2D eigenvalue weighted by atomic mass is 10.1. The first-order valence-corrected chi connectivity index (χ1v) is 3.10. The summed E-state index contributed by atoms with van der Waals surface area (Å²) >= 11 is 0. The fourth-order valence-electron chi connectivity index (χ4n) is 0.782. The predicted molar refractivity (Wildman–Crippen MR) is 38.5 cm³/mol. The molecule has 1 atom stereocenters. The van der Waals surface area contributed by atoms with Crippen molar-refractivity contribution in [1.29, 1.82) is 0 Å². The van der Waals surface area contributed by atoms with Crippen LogP contribution >= 0.6 is 0 Å². The molecule has 3 heteroatoms. The molecule has 0 radical (unpaired) electrons. The second-order valence-electron chi connectivity index (χ2n) is 2.22. The molecule has 0 aliphatic rings. The zero-order chi connectivity index (χ0) is 7.56. The van der Waals surface area contributed by atoms with Crippen LogP contribution in [0.15, 0.2) is 18.5 Å². The van der Waals surface area contributed by atoms with E-state index in [1.807, 2.05) is 6.92 Å². The summed E-state index contributed by atoms with van der Waals surface area (Å²) < 4.78 is 0. The van der Waals surface area contributed by atoms with Crippen molar-refractivity contribution in [3.8, 4) is 5.75 Å². The molecule has 3 N–H and O–H groups in total. The molecular weight excluding hydrogens is 128 g/mol. The zero-order valence-electron chi connectivity index (χ0n) is 5.78. The van der Waals surface area contributed by atoms with Crippen LogP contribution in [0.3, 0.4) is 0 Å². The molecule has 0 saturated carbocycles. The molecule has 0 spiro atoms. The molecule has 1 unspecified atom stereocenters. The highest BCUT2D eigenvalue weighted by molar-refractivity contribution is 5.30. The number of hydrogen-bond acceptors (Lipinski definition) is 3. The number of nitrogens with two attached hydrogens (primary N) is 1. The molecular formula is C7H10N2O. The fraction of sp³-hybridized carbons (Fsp3) is 0.286. The average Bonchev–Trinajstić information content (AvgIpc) is 1.88. The van der Waals surface area contributed by atoms with Gasteiger partial charge in [0.05, 0.1) is 6.20 Å². The minimum Gasteiger partial charge on any atom is -0.506 e. The summed E-state index contributed by atoms with van der Waals surface area (Å²) in [7, 11) is 0. The van der Waals surface area contributed by atoms with Gasteiger partial charge in [0.1, 0.15) is 5.75 Å². The summed E-state index contributed by atoms with van der Waals surface area (Å²) in [6, 6.07) is 1.57. The molecule has 3 nitrogen and oxygen atoms in total. The molecule has 1 aromatic rings. The van der Waals surface area contributed by atoms with Crippen LogP contribution in [0.1, 0.15) is 18.5 Å². The summed E-state index contributed by atoms with van der Waals surface area (Å²) in [5, 5.41) is 9.14. The number of hydrogen-bond donors (Lipinski definition) is 2. The molecule has 0 saturated heterocycles. The first kappa shape index (κ1) is 7.02. The van der Waals surface area contributed by atoms with E-state index >= 15 is 0 Å². The molecule has 0 aliphatic carbocycles. The van der Waals surface area contributed by atoms with Gasteiger partial charge >= 0.3 is 0 Å². The van der Waals surface area contributed by atoms with E-state index in [0.717, 1.165) is 5.56 Å². The van der Waals surface area contributed by atoms with Gasteiger partial charge in [-0.1, -0.05) is 0 Å². The van der Waals surface area contributed by atoms with Crippen molar-refractivity contribution in [3.63, 3.8) is 0 Å². The molecule has 1 aromatic heterocycles. The van der Waals surface area contributed by atoms with E-state index in [-0.39, 0.29) is 11.8 Å². The molecule has 0 aromatic carbocycles. The number of aromatic hydroxyl groups is 1. The Balaban J connectivity index is 3.03. The van der Waals surface area contributed by atoms with E-state index in [0.29, 0.717) is 0 Å². The van der Waals surface area contributed by atoms with Crippen molar-refractivity contribution in [2.45, 2.75) is 13.0 Å². The van der Waals surface area contributed by atoms with Crippen molar-refractivity contribution in [1.82, 2.24) is 4.98 Å². The Morgan fingerprint density at radius 3 is 2.80 bits per heavy atom. The van der Waals surface area contributed by atoms with Crippen molar-refractivity contribution < 1.29 is 5.11 Å². The molecule has 0 amide bonds. The van der Waals surface area contributed by atoms with Crippen LogP contribution in [-0.2, 0) is 0 Å². The van der Waals surface area contributed by atoms with Crippen LogP contribution in [0, 0.1) is 0 Å². The second kappa shape index (κ2) is 2.66. The van der Waals surface area contributed by atoms with Crippen molar-refractivity contribution in [2.24, 2.45) is 5.73 Å². The predicted octanol–water partition coefficient (Wildman–Crippen LogP) is 0.807. The molecule has 0 bridgehead atoms. The van der Waals surface area contributed by atoms with Gasteiger partial charge in [0, 0.05) is 17.8 Å². The smallest absolute Gasteiger partial charge is 0.138 e. The van der Waals surface area contributed by atoms with Crippen LogP contribution < -0.4 is 5.73 Å². The van der Waals surface area contributed by atoms with E-state index in [4.69, 9.17) is 10.8 Å². The SMILES string of the molecule is CC(N)c1ccncc1O. The lowest BCUT2D eigenvalue weighted by molar-refractivity contribution is 0.461. The second-order valence-corrected chi connectivity index (χ2v) is 2.22. The summed E-state index contributed by atoms with van der Waals surface area (Å²) in [6.45, 7) is 1.81. The van der Waals surface area contributed by atoms with Gasteiger partial charge in [-0.2, -0.15) is 0 Å². The molecule has 1 heterocycles. The van der Waals surface area contributed by atoms with E-state index in [1.165, 1.54) is 6.20 Å². The van der Waals surface area contributed by atoms with Gasteiger partial charge in [-0.05, 0) is 13.0 Å². The zero-order valence-corrected chi connectivity index (χ0v) is 5.78. The average molecular weight is 138 g/mol. The van der Waals surface area contributed by atoms with E-state index in [1.54, 1.807) is 12.3 Å². The third-order valence-corrected chi connectivity index (χ3v) is 1.32. The number of aromatic nitrogens is 1. The van der Waals surface area contributed by atoms with Crippen LogP contribution in [0.5, 0.6) is 5.75 Å². The van der Waals surface area contributed by atoms with Crippen molar-refractivity contribution in [3.05, 3.63) is 24.0 Å². The first-order chi connectivity index (χ1) is 4.72. The minimum absolute atomic E-state index is 0.136. The lowest BCUT2D eigenvalue weighted by Gasteiger charge is -2.05. The van der Waals surface area contributed by atoms with Gasteiger partial charge in [0.15, 0.2) is 0 Å². The Morgan fingerprint density at radius 1 is 1.70 bits per heavy atom. The standard InChI is InChI=1S/C7H10N2O/c1-5(8)6-2-3-9-4-7(6)10/h2-5,10H,8H2,1H3. The Kier molecular flexibility index (Phi) is 1.87. The Morgan fingerprint density at radius 2 is 2.40 bits per heavy atom. The van der Waals surface area contributed by atoms with Crippen LogP contribution in [0.25, 0.3) is 0 Å². The largest absolute Gasteiger partial charge is 0.506 e. The highest BCUT2D eigenvalue weighted by Crippen LogP contribution is 2.19. The maximum Gasteiger partial charge on any atom is 0.138 e. The highest BCUT2D eigenvalue weighted by atomic mass is 16.3. The molecule has 54 valence electrons.